The molecule has 1 aromatic heterocycles. The summed E-state index contributed by atoms with van der Waals surface area (Å²) in [6, 6.07) is 9.21. The molecule has 1 aromatic carbocycles. The molecule has 2 N–H and O–H groups in total. The van der Waals surface area contributed by atoms with Gasteiger partial charge in [0.1, 0.15) is 11.6 Å². The van der Waals surface area contributed by atoms with Crippen LogP contribution in [0.5, 0.6) is 0 Å². The van der Waals surface area contributed by atoms with Gasteiger partial charge in [0.15, 0.2) is 0 Å². The van der Waals surface area contributed by atoms with Crippen LogP contribution in [-0.2, 0) is 12.8 Å². The van der Waals surface area contributed by atoms with E-state index in [2.05, 4.69) is 22.9 Å². The topological polar surface area (TPSA) is 42.1 Å². The first-order valence-electron chi connectivity index (χ1n) is 7.44. The molecule has 0 fully saturated rings. The van der Waals surface area contributed by atoms with Gasteiger partial charge in [-0.15, -0.1) is 0 Å². The number of aromatic nitrogens is 1. The molecule has 21 heavy (non-hydrogen) atoms. The summed E-state index contributed by atoms with van der Waals surface area (Å²) >= 11 is 0. The number of fused-ring (bicyclic) bond motifs is 1. The Hall–Kier alpha value is -1.94. The standard InChI is InChI=1S/C17H20FN3/c1-2-15(19)9-12-3-6-17(20-11-12)21-8-7-13-4-5-14(18)10-16(13)21/h3-6,10-11,15H,2,7-9,19H2,1H3. The lowest BCUT2D eigenvalue weighted by molar-refractivity contribution is 0.628. The number of hydrogen-bond donors (Lipinski definition) is 1. The van der Waals surface area contributed by atoms with E-state index in [9.17, 15) is 4.39 Å². The molecule has 2 aromatic rings. The van der Waals surface area contributed by atoms with E-state index in [0.717, 1.165) is 42.9 Å². The zero-order chi connectivity index (χ0) is 14.8. The Morgan fingerprint density at radius 3 is 2.90 bits per heavy atom. The van der Waals surface area contributed by atoms with Crippen LogP contribution in [0.25, 0.3) is 0 Å². The van der Waals surface area contributed by atoms with Crippen LogP contribution in [0.15, 0.2) is 36.5 Å². The van der Waals surface area contributed by atoms with Gasteiger partial charge in [-0.05, 0) is 48.6 Å². The van der Waals surface area contributed by atoms with Gasteiger partial charge in [-0.25, -0.2) is 9.37 Å². The predicted molar refractivity (Wildman–Crippen MR) is 83.3 cm³/mol. The van der Waals surface area contributed by atoms with Crippen molar-refractivity contribution in [2.75, 3.05) is 11.4 Å². The summed E-state index contributed by atoms with van der Waals surface area (Å²) in [4.78, 5) is 6.60. The third kappa shape index (κ3) is 2.90. The second-order valence-corrected chi connectivity index (χ2v) is 5.57. The largest absolute Gasteiger partial charge is 0.327 e. The lowest BCUT2D eigenvalue weighted by atomic mass is 10.1. The van der Waals surface area contributed by atoms with Crippen LogP contribution in [0.4, 0.5) is 15.9 Å². The lowest BCUT2D eigenvalue weighted by Crippen LogP contribution is -2.21. The minimum Gasteiger partial charge on any atom is -0.327 e. The van der Waals surface area contributed by atoms with Crippen LogP contribution in [0.1, 0.15) is 24.5 Å². The number of pyridine rings is 1. The molecule has 1 aliphatic heterocycles. The smallest absolute Gasteiger partial charge is 0.132 e. The number of rotatable bonds is 4. The zero-order valence-corrected chi connectivity index (χ0v) is 12.2. The second kappa shape index (κ2) is 5.82. The number of nitrogens with zero attached hydrogens (tertiary/aromatic N) is 2. The van der Waals surface area contributed by atoms with E-state index >= 15 is 0 Å². The fourth-order valence-electron chi connectivity index (χ4n) is 2.73. The van der Waals surface area contributed by atoms with Crippen LogP contribution in [0.2, 0.25) is 0 Å². The molecule has 3 nitrogen and oxygen atoms in total. The van der Waals surface area contributed by atoms with E-state index < -0.39 is 0 Å². The first-order chi connectivity index (χ1) is 10.2. The summed E-state index contributed by atoms with van der Waals surface area (Å²) in [5.74, 6) is 0.666. The minimum absolute atomic E-state index is 0.180. The van der Waals surface area contributed by atoms with Gasteiger partial charge >= 0.3 is 0 Å². The molecule has 0 bridgehead atoms. The molecule has 1 unspecified atom stereocenters. The lowest BCUT2D eigenvalue weighted by Gasteiger charge is -2.19. The highest BCUT2D eigenvalue weighted by molar-refractivity contribution is 5.67. The van der Waals surface area contributed by atoms with Crippen LogP contribution in [0, 0.1) is 5.82 Å². The molecule has 0 saturated carbocycles. The quantitative estimate of drug-likeness (QED) is 0.938. The molecule has 0 amide bonds. The molecular formula is C17H20FN3. The Balaban J connectivity index is 1.82. The Labute approximate surface area is 124 Å². The number of anilines is 2. The zero-order valence-electron chi connectivity index (χ0n) is 12.2. The third-order valence-corrected chi connectivity index (χ3v) is 4.05. The van der Waals surface area contributed by atoms with Crippen molar-refractivity contribution in [2.45, 2.75) is 32.2 Å². The summed E-state index contributed by atoms with van der Waals surface area (Å²) in [7, 11) is 0. The molecule has 3 rings (SSSR count). The third-order valence-electron chi connectivity index (χ3n) is 4.05. The summed E-state index contributed by atoms with van der Waals surface area (Å²) < 4.78 is 13.4. The van der Waals surface area contributed by atoms with Crippen molar-refractivity contribution in [3.05, 3.63) is 53.5 Å². The first-order valence-corrected chi connectivity index (χ1v) is 7.44. The van der Waals surface area contributed by atoms with Gasteiger partial charge in [-0.1, -0.05) is 19.1 Å². The van der Waals surface area contributed by atoms with Gasteiger partial charge in [0, 0.05) is 24.5 Å². The van der Waals surface area contributed by atoms with Crippen molar-refractivity contribution in [3.63, 3.8) is 0 Å². The highest BCUT2D eigenvalue weighted by atomic mass is 19.1. The Morgan fingerprint density at radius 1 is 1.33 bits per heavy atom. The van der Waals surface area contributed by atoms with E-state index in [-0.39, 0.29) is 11.9 Å². The fraction of sp³-hybridized carbons (Fsp3) is 0.353. The maximum atomic E-state index is 13.4. The van der Waals surface area contributed by atoms with Crippen LogP contribution in [-0.4, -0.2) is 17.6 Å². The van der Waals surface area contributed by atoms with Gasteiger partial charge < -0.3 is 10.6 Å². The molecule has 1 atom stereocenters. The highest BCUT2D eigenvalue weighted by Crippen LogP contribution is 2.33. The maximum absolute atomic E-state index is 13.4. The van der Waals surface area contributed by atoms with Gasteiger partial charge in [0.25, 0.3) is 0 Å². The molecular weight excluding hydrogens is 265 g/mol. The van der Waals surface area contributed by atoms with E-state index in [1.165, 1.54) is 11.6 Å². The monoisotopic (exact) mass is 285 g/mol. The van der Waals surface area contributed by atoms with E-state index in [4.69, 9.17) is 5.73 Å². The van der Waals surface area contributed by atoms with Crippen molar-refractivity contribution in [3.8, 4) is 0 Å². The van der Waals surface area contributed by atoms with E-state index in [0.29, 0.717) is 0 Å². The van der Waals surface area contributed by atoms with Gasteiger partial charge in [0.05, 0.1) is 0 Å². The molecule has 0 saturated heterocycles. The molecule has 2 heterocycles. The van der Waals surface area contributed by atoms with Gasteiger partial charge in [-0.3, -0.25) is 0 Å². The van der Waals surface area contributed by atoms with Crippen LogP contribution in [0.3, 0.4) is 0 Å². The first kappa shape index (κ1) is 14.0. The molecule has 0 spiro atoms. The average Bonchev–Trinajstić information content (AvgIpc) is 2.91. The Morgan fingerprint density at radius 2 is 2.19 bits per heavy atom. The van der Waals surface area contributed by atoms with Crippen LogP contribution >= 0.6 is 0 Å². The summed E-state index contributed by atoms with van der Waals surface area (Å²) in [5, 5.41) is 0. The van der Waals surface area contributed by atoms with Gasteiger partial charge in [-0.2, -0.15) is 0 Å². The van der Waals surface area contributed by atoms with Crippen LogP contribution < -0.4 is 10.6 Å². The van der Waals surface area contributed by atoms with Crippen molar-refractivity contribution < 1.29 is 4.39 Å². The molecule has 0 radical (unpaired) electrons. The minimum atomic E-state index is -0.203. The summed E-state index contributed by atoms with van der Waals surface area (Å²) in [6.45, 7) is 2.93. The van der Waals surface area contributed by atoms with Crippen molar-refractivity contribution in [1.82, 2.24) is 4.98 Å². The SMILES string of the molecule is CCC(N)Cc1ccc(N2CCc3ccc(F)cc32)nc1. The van der Waals surface area contributed by atoms with Crippen molar-refractivity contribution in [1.29, 1.82) is 0 Å². The Kier molecular flexibility index (Phi) is 3.88. The molecule has 110 valence electrons. The summed E-state index contributed by atoms with van der Waals surface area (Å²) in [5.41, 5.74) is 9.22. The maximum Gasteiger partial charge on any atom is 0.132 e. The Bertz CT molecular complexity index is 624. The van der Waals surface area contributed by atoms with Crippen molar-refractivity contribution >= 4 is 11.5 Å². The summed E-state index contributed by atoms with van der Waals surface area (Å²) in [6.07, 6.45) is 4.61. The number of hydrogen-bond acceptors (Lipinski definition) is 3. The normalized spacial score (nSPS) is 15.1. The molecule has 1 aliphatic rings. The number of nitrogens with two attached hydrogens (primary N) is 1. The van der Waals surface area contributed by atoms with Crippen molar-refractivity contribution in [2.24, 2.45) is 5.73 Å². The highest BCUT2D eigenvalue weighted by Gasteiger charge is 2.21. The van der Waals surface area contributed by atoms with E-state index in [1.54, 1.807) is 6.07 Å². The second-order valence-electron chi connectivity index (χ2n) is 5.57. The molecule has 0 aliphatic carbocycles. The van der Waals surface area contributed by atoms with Gasteiger partial charge in [0.2, 0.25) is 0 Å². The fourth-order valence-corrected chi connectivity index (χ4v) is 2.73. The predicted octanol–water partition coefficient (Wildman–Crippen LogP) is 3.19. The average molecular weight is 285 g/mol. The van der Waals surface area contributed by atoms with E-state index in [1.807, 2.05) is 18.3 Å². The number of benzene rings is 1. The molecule has 4 heteroatoms. The number of halogens is 1.